The first-order chi connectivity index (χ1) is 17.5. The molecule has 1 heterocycles. The summed E-state index contributed by atoms with van der Waals surface area (Å²) < 4.78 is 22.3. The number of unbranched alkanes of at least 4 members (excludes halogenated alkanes) is 6. The van der Waals surface area contributed by atoms with Crippen LogP contribution in [0.4, 0.5) is 0 Å². The Hall–Kier alpha value is 0.667. The number of nitrogens with zero attached hydrogens (tertiary/aromatic N) is 1. The van der Waals surface area contributed by atoms with Gasteiger partial charge in [0.15, 0.2) is 0 Å². The summed E-state index contributed by atoms with van der Waals surface area (Å²) in [7, 11) is 0. The van der Waals surface area contributed by atoms with Crippen molar-refractivity contribution in [2.24, 2.45) is 0 Å². The Balaban J connectivity index is 2.94. The van der Waals surface area contributed by atoms with Crippen LogP contribution in [0.2, 0.25) is 26.6 Å². The van der Waals surface area contributed by atoms with Crippen molar-refractivity contribution in [3.8, 4) is 0 Å². The molecule has 0 aliphatic heterocycles. The maximum atomic E-state index is 7.00. The second kappa shape index (κ2) is 21.5. The van der Waals surface area contributed by atoms with Crippen molar-refractivity contribution in [1.29, 1.82) is 0 Å². The molecule has 1 rings (SSSR count). The van der Waals surface area contributed by atoms with Gasteiger partial charge in [-0.05, 0) is 0 Å². The van der Waals surface area contributed by atoms with E-state index in [1.54, 1.807) is 0 Å². The van der Waals surface area contributed by atoms with Crippen molar-refractivity contribution in [3.63, 3.8) is 0 Å². The van der Waals surface area contributed by atoms with Gasteiger partial charge in [0, 0.05) is 0 Å². The fourth-order valence-electron chi connectivity index (χ4n) is 5.32. The summed E-state index contributed by atoms with van der Waals surface area (Å²) >= 11 is -5.20. The second-order valence-electron chi connectivity index (χ2n) is 11.2. The summed E-state index contributed by atoms with van der Waals surface area (Å²) in [6.45, 7) is 15.4. The van der Waals surface area contributed by atoms with Crippen LogP contribution in [0.15, 0.2) is 18.2 Å². The average Bonchev–Trinajstić information content (AvgIpc) is 2.91. The molecule has 0 fully saturated rings. The third kappa shape index (κ3) is 14.2. The SMILES string of the molecule is CCC[CH2][Sn]([CH2]CCC)([CH2]CCC)[O]Cc1cccc(C[O][Sn]([CH2]CCC)([CH2]CCC)[CH2]CCC)n1. The van der Waals surface area contributed by atoms with Gasteiger partial charge in [-0.2, -0.15) is 0 Å². The summed E-state index contributed by atoms with van der Waals surface area (Å²) in [5.41, 5.74) is 2.25. The third-order valence-corrected chi connectivity index (χ3v) is 33.8. The molecule has 0 aromatic carbocycles. The van der Waals surface area contributed by atoms with Crippen LogP contribution in [0, 0.1) is 0 Å². The van der Waals surface area contributed by atoms with Crippen molar-refractivity contribution in [2.75, 3.05) is 0 Å². The van der Waals surface area contributed by atoms with E-state index in [4.69, 9.17) is 11.1 Å². The van der Waals surface area contributed by atoms with E-state index in [2.05, 4.69) is 59.7 Å². The average molecular weight is 717 g/mol. The minimum atomic E-state index is -2.60. The molecule has 0 atom stereocenters. The molecule has 0 aliphatic rings. The van der Waals surface area contributed by atoms with Crippen LogP contribution in [0.3, 0.4) is 0 Å². The summed E-state index contributed by atoms with van der Waals surface area (Å²) in [4.78, 5) is 5.08. The standard InChI is InChI=1S/C7H7NO2.6C4H9.2Sn/c9-4-6-2-1-3-7(5-10)8-6;6*1-3-4-2;;/h1-3H,4-5H2;6*1,3-4H2,2H3;;/q-2;;;;;;;2*+1. The summed E-state index contributed by atoms with van der Waals surface area (Å²) in [5.74, 6) is 0. The zero-order valence-electron chi connectivity index (χ0n) is 25.1. The molecule has 0 aliphatic carbocycles. The fraction of sp³-hybridized carbons (Fsp3) is 0.839. The van der Waals surface area contributed by atoms with E-state index in [1.807, 2.05) is 0 Å². The van der Waals surface area contributed by atoms with E-state index in [0.29, 0.717) is 0 Å². The molecule has 1 aromatic rings. The van der Waals surface area contributed by atoms with Crippen molar-refractivity contribution >= 4 is 37.6 Å². The molecule has 0 spiro atoms. The van der Waals surface area contributed by atoms with Crippen LogP contribution in [0.1, 0.15) is 130 Å². The van der Waals surface area contributed by atoms with Crippen molar-refractivity contribution in [3.05, 3.63) is 29.6 Å². The number of rotatable bonds is 24. The van der Waals surface area contributed by atoms with Crippen molar-refractivity contribution < 1.29 is 6.15 Å². The Labute approximate surface area is 235 Å². The topological polar surface area (TPSA) is 31.4 Å². The number of hydrogen-bond donors (Lipinski definition) is 0. The van der Waals surface area contributed by atoms with Gasteiger partial charge in [0.2, 0.25) is 0 Å². The number of aromatic nitrogens is 1. The molecule has 3 nitrogen and oxygen atoms in total. The molecule has 0 radical (unpaired) electrons. The number of hydrogen-bond acceptors (Lipinski definition) is 3. The third-order valence-electron chi connectivity index (χ3n) is 7.83. The molecular weight excluding hydrogens is 656 g/mol. The first-order valence-electron chi connectivity index (χ1n) is 15.7. The predicted octanol–water partition coefficient (Wildman–Crippen LogP) is 10.8. The van der Waals surface area contributed by atoms with Gasteiger partial charge < -0.3 is 0 Å². The van der Waals surface area contributed by atoms with Gasteiger partial charge in [-0.1, -0.05) is 0 Å². The van der Waals surface area contributed by atoms with Crippen LogP contribution in [-0.4, -0.2) is 42.6 Å². The van der Waals surface area contributed by atoms with Crippen LogP contribution in [0.25, 0.3) is 0 Å². The van der Waals surface area contributed by atoms with Gasteiger partial charge in [0.05, 0.1) is 0 Å². The Morgan fingerprint density at radius 1 is 0.500 bits per heavy atom. The zero-order chi connectivity index (χ0) is 26.5. The summed E-state index contributed by atoms with van der Waals surface area (Å²) in [6, 6.07) is 6.55. The van der Waals surface area contributed by atoms with E-state index >= 15 is 0 Å². The van der Waals surface area contributed by atoms with Crippen LogP contribution < -0.4 is 0 Å². The first kappa shape index (κ1) is 34.7. The Morgan fingerprint density at radius 2 is 0.778 bits per heavy atom. The van der Waals surface area contributed by atoms with E-state index in [9.17, 15) is 0 Å². The van der Waals surface area contributed by atoms with E-state index in [-0.39, 0.29) is 0 Å². The quantitative estimate of drug-likeness (QED) is 0.0998. The van der Waals surface area contributed by atoms with E-state index < -0.39 is 37.6 Å². The molecule has 0 unspecified atom stereocenters. The molecule has 5 heteroatoms. The first-order valence-corrected chi connectivity index (χ1v) is 30.2. The van der Waals surface area contributed by atoms with Gasteiger partial charge >= 0.3 is 237 Å². The van der Waals surface area contributed by atoms with Gasteiger partial charge in [-0.3, -0.25) is 0 Å². The molecule has 210 valence electrons. The number of pyridine rings is 1. The molecule has 1 aromatic heterocycles. The van der Waals surface area contributed by atoms with Crippen LogP contribution in [0.5, 0.6) is 0 Å². The molecule has 36 heavy (non-hydrogen) atoms. The normalized spacial score (nSPS) is 12.4. The Morgan fingerprint density at radius 3 is 1.03 bits per heavy atom. The second-order valence-corrected chi connectivity index (χ2v) is 34.9. The molecular formula is C31H61NO2Sn2. The van der Waals surface area contributed by atoms with Crippen LogP contribution in [-0.2, 0) is 19.4 Å². The molecule has 0 saturated heterocycles. The summed E-state index contributed by atoms with van der Waals surface area (Å²) in [5, 5.41) is 0. The van der Waals surface area contributed by atoms with Gasteiger partial charge in [0.25, 0.3) is 0 Å². The Kier molecular flexibility index (Phi) is 20.7. The van der Waals surface area contributed by atoms with Gasteiger partial charge in [-0.25, -0.2) is 0 Å². The monoisotopic (exact) mass is 719 g/mol. The van der Waals surface area contributed by atoms with Gasteiger partial charge in [-0.15, -0.1) is 0 Å². The molecule has 0 amide bonds. The summed E-state index contributed by atoms with van der Waals surface area (Å²) in [6.07, 6.45) is 15.8. The molecule has 0 N–H and O–H groups in total. The fourth-order valence-corrected chi connectivity index (χ4v) is 31.8. The van der Waals surface area contributed by atoms with Crippen LogP contribution >= 0.6 is 0 Å². The minimum absolute atomic E-state index is 0.719. The Bertz CT molecular complexity index is 560. The van der Waals surface area contributed by atoms with Gasteiger partial charge in [0.1, 0.15) is 0 Å². The molecule has 0 saturated carbocycles. The zero-order valence-corrected chi connectivity index (χ0v) is 30.8. The maximum absolute atomic E-state index is 7.00. The predicted molar refractivity (Wildman–Crippen MR) is 164 cm³/mol. The van der Waals surface area contributed by atoms with Crippen molar-refractivity contribution in [1.82, 2.24) is 4.98 Å². The van der Waals surface area contributed by atoms with E-state index in [0.717, 1.165) is 24.6 Å². The van der Waals surface area contributed by atoms with Crippen molar-refractivity contribution in [2.45, 2.75) is 158 Å². The van der Waals surface area contributed by atoms with E-state index in [1.165, 1.54) is 104 Å². The molecule has 0 bridgehead atoms.